The topological polar surface area (TPSA) is 32.3 Å². The molecule has 0 aromatic heterocycles. The maximum atomic E-state index is 13.1. The van der Waals surface area contributed by atoms with Crippen molar-refractivity contribution in [3.05, 3.63) is 108 Å². The van der Waals surface area contributed by atoms with E-state index in [4.69, 9.17) is 0 Å². The quantitative estimate of drug-likeness (QED) is 0.716. The normalized spacial score (nSPS) is 13.0. The number of carbonyl (C=O) groups is 1. The first kappa shape index (κ1) is 17.9. The molecule has 0 fully saturated rings. The Morgan fingerprint density at radius 3 is 1.73 bits per heavy atom. The van der Waals surface area contributed by atoms with Crippen molar-refractivity contribution >= 4 is 5.91 Å². The molecule has 2 atom stereocenters. The Morgan fingerprint density at radius 1 is 0.769 bits per heavy atom. The molecule has 0 heterocycles. The van der Waals surface area contributed by atoms with Crippen LogP contribution in [0.15, 0.2) is 91.0 Å². The zero-order valence-corrected chi connectivity index (χ0v) is 15.2. The minimum absolute atomic E-state index is 0.00985. The van der Waals surface area contributed by atoms with Crippen LogP contribution in [0.2, 0.25) is 0 Å². The average molecular weight is 344 g/mol. The molecule has 0 unspecified atom stereocenters. The summed E-state index contributed by atoms with van der Waals surface area (Å²) < 4.78 is 0. The molecule has 3 rings (SSSR count). The number of carbonyl (C=O) groups excluding carboxylic acids is 1. The van der Waals surface area contributed by atoms with E-state index < -0.39 is 0 Å². The SMILES string of the molecule is CN[C@H](c1ccccc1)[C@@H](c1ccccc1)N(C)C(=O)c1ccccc1. The van der Waals surface area contributed by atoms with Crippen LogP contribution in [-0.2, 0) is 0 Å². The monoisotopic (exact) mass is 344 g/mol. The number of amides is 1. The van der Waals surface area contributed by atoms with Gasteiger partial charge in [-0.15, -0.1) is 0 Å². The molecule has 26 heavy (non-hydrogen) atoms. The van der Waals surface area contributed by atoms with Gasteiger partial charge in [0.15, 0.2) is 0 Å². The van der Waals surface area contributed by atoms with Crippen LogP contribution in [0.25, 0.3) is 0 Å². The zero-order chi connectivity index (χ0) is 18.4. The molecular formula is C23H24N2O. The molecule has 3 aromatic rings. The van der Waals surface area contributed by atoms with E-state index in [0.29, 0.717) is 5.56 Å². The number of hydrogen-bond donors (Lipinski definition) is 1. The van der Waals surface area contributed by atoms with Crippen LogP contribution in [0.1, 0.15) is 33.6 Å². The van der Waals surface area contributed by atoms with Crippen LogP contribution in [-0.4, -0.2) is 24.9 Å². The Morgan fingerprint density at radius 2 is 1.23 bits per heavy atom. The highest BCUT2D eigenvalue weighted by Crippen LogP contribution is 2.34. The van der Waals surface area contributed by atoms with Gasteiger partial charge in [0.1, 0.15) is 0 Å². The lowest BCUT2D eigenvalue weighted by molar-refractivity contribution is 0.0694. The van der Waals surface area contributed by atoms with Crippen molar-refractivity contribution in [3.63, 3.8) is 0 Å². The van der Waals surface area contributed by atoms with Crippen molar-refractivity contribution in [2.45, 2.75) is 12.1 Å². The fourth-order valence-corrected chi connectivity index (χ4v) is 3.37. The molecule has 3 heteroatoms. The Bertz CT molecular complexity index is 819. The van der Waals surface area contributed by atoms with Crippen molar-refractivity contribution in [2.75, 3.05) is 14.1 Å². The Labute approximate surface area is 155 Å². The summed E-state index contributed by atoms with van der Waals surface area (Å²) >= 11 is 0. The van der Waals surface area contributed by atoms with E-state index >= 15 is 0 Å². The van der Waals surface area contributed by atoms with Gasteiger partial charge in [0.2, 0.25) is 0 Å². The van der Waals surface area contributed by atoms with E-state index in [1.54, 1.807) is 0 Å². The molecule has 1 amide bonds. The molecule has 3 nitrogen and oxygen atoms in total. The highest BCUT2D eigenvalue weighted by atomic mass is 16.2. The van der Waals surface area contributed by atoms with Crippen LogP contribution >= 0.6 is 0 Å². The maximum Gasteiger partial charge on any atom is 0.254 e. The Balaban J connectivity index is 2.02. The largest absolute Gasteiger partial charge is 0.333 e. The highest BCUT2D eigenvalue weighted by Gasteiger charge is 2.30. The van der Waals surface area contributed by atoms with Crippen molar-refractivity contribution in [3.8, 4) is 0 Å². The summed E-state index contributed by atoms with van der Waals surface area (Å²) in [5.41, 5.74) is 2.94. The van der Waals surface area contributed by atoms with Crippen LogP contribution in [0.3, 0.4) is 0 Å². The number of benzene rings is 3. The predicted octanol–water partition coefficient (Wildman–Crippen LogP) is 4.46. The number of likely N-dealkylation sites (N-methyl/N-ethyl adjacent to an activating group) is 2. The van der Waals surface area contributed by atoms with Gasteiger partial charge >= 0.3 is 0 Å². The molecule has 3 aromatic carbocycles. The molecule has 0 radical (unpaired) electrons. The first-order valence-electron chi connectivity index (χ1n) is 8.81. The molecule has 0 aliphatic carbocycles. The second-order valence-corrected chi connectivity index (χ2v) is 6.31. The molecular weight excluding hydrogens is 320 g/mol. The molecule has 0 aliphatic heterocycles. The van der Waals surface area contributed by atoms with Gasteiger partial charge < -0.3 is 10.2 Å². The second-order valence-electron chi connectivity index (χ2n) is 6.31. The molecule has 0 saturated heterocycles. The number of rotatable bonds is 6. The van der Waals surface area contributed by atoms with Crippen molar-refractivity contribution in [2.24, 2.45) is 0 Å². The third kappa shape index (κ3) is 3.84. The fourth-order valence-electron chi connectivity index (χ4n) is 3.37. The Hall–Kier alpha value is -2.91. The van der Waals surface area contributed by atoms with Gasteiger partial charge in [-0.1, -0.05) is 78.9 Å². The summed E-state index contributed by atoms with van der Waals surface area (Å²) in [6, 6.07) is 29.7. The average Bonchev–Trinajstić information content (AvgIpc) is 2.73. The fraction of sp³-hybridized carbons (Fsp3) is 0.174. The summed E-state index contributed by atoms with van der Waals surface area (Å²) in [5.74, 6) is 0.00985. The first-order valence-corrected chi connectivity index (χ1v) is 8.81. The van der Waals surface area contributed by atoms with E-state index in [1.165, 1.54) is 0 Å². The minimum atomic E-state index is -0.128. The second kappa shape index (κ2) is 8.45. The van der Waals surface area contributed by atoms with E-state index in [9.17, 15) is 4.79 Å². The lowest BCUT2D eigenvalue weighted by atomic mass is 9.92. The summed E-state index contributed by atoms with van der Waals surface area (Å²) in [5, 5.41) is 3.41. The van der Waals surface area contributed by atoms with E-state index in [1.807, 2.05) is 85.7 Å². The van der Waals surface area contributed by atoms with Crippen molar-refractivity contribution in [1.29, 1.82) is 0 Å². The molecule has 0 saturated carbocycles. The Kier molecular flexibility index (Phi) is 5.82. The van der Waals surface area contributed by atoms with Gasteiger partial charge in [0, 0.05) is 12.6 Å². The highest BCUT2D eigenvalue weighted by molar-refractivity contribution is 5.94. The van der Waals surface area contributed by atoms with E-state index in [2.05, 4.69) is 29.6 Å². The van der Waals surface area contributed by atoms with Crippen LogP contribution < -0.4 is 5.32 Å². The van der Waals surface area contributed by atoms with Crippen LogP contribution in [0, 0.1) is 0 Å². The third-order valence-electron chi connectivity index (χ3n) is 4.68. The molecule has 0 spiro atoms. The summed E-state index contributed by atoms with van der Waals surface area (Å²) in [4.78, 5) is 14.9. The minimum Gasteiger partial charge on any atom is -0.333 e. The summed E-state index contributed by atoms with van der Waals surface area (Å²) in [7, 11) is 3.81. The smallest absolute Gasteiger partial charge is 0.254 e. The lowest BCUT2D eigenvalue weighted by Crippen LogP contribution is -2.38. The number of nitrogens with zero attached hydrogens (tertiary/aromatic N) is 1. The molecule has 0 aliphatic rings. The van der Waals surface area contributed by atoms with Gasteiger partial charge in [0.25, 0.3) is 5.91 Å². The van der Waals surface area contributed by atoms with E-state index in [-0.39, 0.29) is 18.0 Å². The van der Waals surface area contributed by atoms with Gasteiger partial charge in [-0.2, -0.15) is 0 Å². The third-order valence-corrected chi connectivity index (χ3v) is 4.68. The van der Waals surface area contributed by atoms with E-state index in [0.717, 1.165) is 11.1 Å². The van der Waals surface area contributed by atoms with Gasteiger partial charge in [-0.25, -0.2) is 0 Å². The summed E-state index contributed by atoms with van der Waals surface area (Å²) in [6.45, 7) is 0. The summed E-state index contributed by atoms with van der Waals surface area (Å²) in [6.07, 6.45) is 0. The number of hydrogen-bond acceptors (Lipinski definition) is 2. The molecule has 1 N–H and O–H groups in total. The van der Waals surface area contributed by atoms with Crippen molar-refractivity contribution in [1.82, 2.24) is 10.2 Å². The molecule has 132 valence electrons. The number of nitrogens with one attached hydrogen (secondary N) is 1. The van der Waals surface area contributed by atoms with Gasteiger partial charge in [-0.3, -0.25) is 4.79 Å². The van der Waals surface area contributed by atoms with Crippen molar-refractivity contribution < 1.29 is 4.79 Å². The maximum absolute atomic E-state index is 13.1. The van der Waals surface area contributed by atoms with Crippen LogP contribution in [0.4, 0.5) is 0 Å². The first-order chi connectivity index (χ1) is 12.7. The molecule has 0 bridgehead atoms. The predicted molar refractivity (Wildman–Crippen MR) is 106 cm³/mol. The van der Waals surface area contributed by atoms with Gasteiger partial charge in [0.05, 0.1) is 12.1 Å². The van der Waals surface area contributed by atoms with Crippen LogP contribution in [0.5, 0.6) is 0 Å². The lowest BCUT2D eigenvalue weighted by Gasteiger charge is -2.35. The standard InChI is InChI=1S/C23H24N2O/c1-24-21(18-12-6-3-7-13-18)22(19-14-8-4-9-15-19)25(2)23(26)20-16-10-5-11-17-20/h3-17,21-22,24H,1-2H3/t21-,22-/m1/s1. The van der Waals surface area contributed by atoms with Gasteiger partial charge in [-0.05, 0) is 30.3 Å². The zero-order valence-electron chi connectivity index (χ0n) is 15.2.